The summed E-state index contributed by atoms with van der Waals surface area (Å²) in [6.45, 7) is 4.79. The summed E-state index contributed by atoms with van der Waals surface area (Å²) < 4.78 is 2.19. The Morgan fingerprint density at radius 1 is 1.08 bits per heavy atom. The number of H-pyrrole nitrogens is 1. The number of carbonyl (C=O) groups excluding carboxylic acids is 1. The lowest BCUT2D eigenvalue weighted by Gasteiger charge is -2.18. The zero-order valence-electron chi connectivity index (χ0n) is 15.2. The maximum absolute atomic E-state index is 12.7. The van der Waals surface area contributed by atoms with Gasteiger partial charge in [-0.1, -0.05) is 59.7 Å². The first kappa shape index (κ1) is 18.1. The number of aromatic amines is 1. The van der Waals surface area contributed by atoms with Gasteiger partial charge < -0.3 is 4.90 Å². The molecule has 1 amide bonds. The number of hydrogen-bond acceptors (Lipinski definition) is 3. The molecule has 1 aromatic heterocycles. The van der Waals surface area contributed by atoms with Gasteiger partial charge in [-0.05, 0) is 31.6 Å². The van der Waals surface area contributed by atoms with Gasteiger partial charge in [0.15, 0.2) is 10.6 Å². The maximum atomic E-state index is 12.7. The first-order valence-corrected chi connectivity index (χ1v) is 8.86. The van der Waals surface area contributed by atoms with E-state index in [0.717, 1.165) is 11.1 Å². The van der Waals surface area contributed by atoms with Crippen molar-refractivity contribution in [1.82, 2.24) is 19.7 Å². The van der Waals surface area contributed by atoms with Crippen LogP contribution in [0.25, 0.3) is 11.4 Å². The Kier molecular flexibility index (Phi) is 5.32. The third-order valence-corrected chi connectivity index (χ3v) is 4.64. The SMILES string of the molecule is Cc1ccc(CN(C)C(=O)Cn2c(-c3ccc(C)cc3)n[nH]c2=S)cc1. The lowest BCUT2D eigenvalue weighted by Crippen LogP contribution is -2.30. The Labute approximate surface area is 158 Å². The van der Waals surface area contributed by atoms with Crippen molar-refractivity contribution in [3.8, 4) is 11.4 Å². The van der Waals surface area contributed by atoms with E-state index < -0.39 is 0 Å². The van der Waals surface area contributed by atoms with Gasteiger partial charge in [-0.25, -0.2) is 0 Å². The number of amides is 1. The molecule has 6 heteroatoms. The van der Waals surface area contributed by atoms with Crippen molar-refractivity contribution in [1.29, 1.82) is 0 Å². The van der Waals surface area contributed by atoms with E-state index >= 15 is 0 Å². The van der Waals surface area contributed by atoms with Crippen molar-refractivity contribution in [3.05, 3.63) is 70.0 Å². The third kappa shape index (κ3) is 4.08. The van der Waals surface area contributed by atoms with E-state index in [0.29, 0.717) is 17.1 Å². The molecule has 3 rings (SSSR count). The number of benzene rings is 2. The predicted octanol–water partition coefficient (Wildman–Crippen LogP) is 3.88. The summed E-state index contributed by atoms with van der Waals surface area (Å²) in [6.07, 6.45) is 0. The third-order valence-electron chi connectivity index (χ3n) is 4.33. The molecule has 0 saturated heterocycles. The Morgan fingerprint density at radius 3 is 2.27 bits per heavy atom. The highest BCUT2D eigenvalue weighted by Crippen LogP contribution is 2.18. The van der Waals surface area contributed by atoms with Gasteiger partial charge >= 0.3 is 0 Å². The van der Waals surface area contributed by atoms with E-state index in [4.69, 9.17) is 12.2 Å². The van der Waals surface area contributed by atoms with Gasteiger partial charge in [0, 0.05) is 19.2 Å². The van der Waals surface area contributed by atoms with Gasteiger partial charge in [0.2, 0.25) is 5.91 Å². The Bertz CT molecular complexity index is 955. The van der Waals surface area contributed by atoms with Crippen LogP contribution in [0.3, 0.4) is 0 Å². The number of nitrogens with zero attached hydrogens (tertiary/aromatic N) is 3. The van der Waals surface area contributed by atoms with Gasteiger partial charge in [0.1, 0.15) is 6.54 Å². The second-order valence-corrected chi connectivity index (χ2v) is 6.93. The molecule has 0 fully saturated rings. The molecular weight excluding hydrogens is 344 g/mol. The standard InChI is InChI=1S/C20H22N4OS/c1-14-4-8-16(9-5-14)12-23(3)18(25)13-24-19(21-22-20(24)26)17-10-6-15(2)7-11-17/h4-11H,12-13H2,1-3H3,(H,22,26). The molecule has 0 bridgehead atoms. The second-order valence-electron chi connectivity index (χ2n) is 6.54. The Morgan fingerprint density at radius 2 is 1.65 bits per heavy atom. The molecule has 0 unspecified atom stereocenters. The van der Waals surface area contributed by atoms with Gasteiger partial charge in [0.05, 0.1) is 0 Å². The molecule has 0 radical (unpaired) electrons. The zero-order chi connectivity index (χ0) is 18.7. The van der Waals surface area contributed by atoms with Crippen LogP contribution in [0.4, 0.5) is 0 Å². The largest absolute Gasteiger partial charge is 0.340 e. The lowest BCUT2D eigenvalue weighted by molar-refractivity contribution is -0.131. The fourth-order valence-corrected chi connectivity index (χ4v) is 2.90. The fourth-order valence-electron chi connectivity index (χ4n) is 2.70. The van der Waals surface area contributed by atoms with Crippen LogP contribution < -0.4 is 0 Å². The molecule has 2 aromatic carbocycles. The van der Waals surface area contributed by atoms with Crippen LogP contribution in [0.15, 0.2) is 48.5 Å². The van der Waals surface area contributed by atoms with E-state index in [1.807, 2.05) is 50.2 Å². The van der Waals surface area contributed by atoms with Crippen LogP contribution >= 0.6 is 12.2 Å². The Hall–Kier alpha value is -2.73. The minimum Gasteiger partial charge on any atom is -0.340 e. The summed E-state index contributed by atoms with van der Waals surface area (Å²) in [6, 6.07) is 16.2. The fraction of sp³-hybridized carbons (Fsp3) is 0.250. The molecule has 0 saturated carbocycles. The molecular formula is C20H22N4OS. The van der Waals surface area contributed by atoms with Gasteiger partial charge in [-0.2, -0.15) is 5.10 Å². The van der Waals surface area contributed by atoms with E-state index in [9.17, 15) is 4.79 Å². The highest BCUT2D eigenvalue weighted by atomic mass is 32.1. The second kappa shape index (κ2) is 7.66. The van der Waals surface area contributed by atoms with Crippen LogP contribution in [0.2, 0.25) is 0 Å². The number of nitrogens with one attached hydrogen (secondary N) is 1. The normalized spacial score (nSPS) is 10.7. The van der Waals surface area contributed by atoms with Crippen molar-refractivity contribution >= 4 is 18.1 Å². The minimum absolute atomic E-state index is 0.0172. The van der Waals surface area contributed by atoms with E-state index in [1.165, 1.54) is 11.1 Å². The average molecular weight is 366 g/mol. The molecule has 1 heterocycles. The van der Waals surface area contributed by atoms with Crippen LogP contribution in [0, 0.1) is 18.6 Å². The molecule has 1 N–H and O–H groups in total. The van der Waals surface area contributed by atoms with Crippen LogP contribution in [-0.2, 0) is 17.9 Å². The Balaban J connectivity index is 1.77. The summed E-state index contributed by atoms with van der Waals surface area (Å²) in [4.78, 5) is 14.4. The number of hydrogen-bond donors (Lipinski definition) is 1. The summed E-state index contributed by atoms with van der Waals surface area (Å²) in [5.41, 5.74) is 4.40. The minimum atomic E-state index is -0.0172. The number of carbonyl (C=O) groups is 1. The van der Waals surface area contributed by atoms with Gasteiger partial charge in [-0.15, -0.1) is 0 Å². The maximum Gasteiger partial charge on any atom is 0.242 e. The van der Waals surface area contributed by atoms with Crippen molar-refractivity contribution in [3.63, 3.8) is 0 Å². The van der Waals surface area contributed by atoms with Crippen LogP contribution in [0.5, 0.6) is 0 Å². The highest BCUT2D eigenvalue weighted by molar-refractivity contribution is 7.71. The van der Waals surface area contributed by atoms with E-state index in [1.54, 1.807) is 16.5 Å². The molecule has 0 atom stereocenters. The molecule has 26 heavy (non-hydrogen) atoms. The summed E-state index contributed by atoms with van der Waals surface area (Å²) in [7, 11) is 1.80. The monoisotopic (exact) mass is 366 g/mol. The van der Waals surface area contributed by atoms with Gasteiger partial charge in [0.25, 0.3) is 0 Å². The zero-order valence-corrected chi connectivity index (χ0v) is 16.0. The summed E-state index contributed by atoms with van der Waals surface area (Å²) >= 11 is 5.32. The van der Waals surface area contributed by atoms with Crippen LogP contribution in [0.1, 0.15) is 16.7 Å². The molecule has 0 aliphatic heterocycles. The number of rotatable bonds is 5. The number of aromatic nitrogens is 3. The molecule has 0 aliphatic rings. The quantitative estimate of drug-likeness (QED) is 0.697. The van der Waals surface area contributed by atoms with Crippen molar-refractivity contribution < 1.29 is 4.79 Å². The van der Waals surface area contributed by atoms with Crippen LogP contribution in [-0.4, -0.2) is 32.6 Å². The van der Waals surface area contributed by atoms with E-state index in [-0.39, 0.29) is 12.5 Å². The molecule has 3 aromatic rings. The molecule has 0 aliphatic carbocycles. The van der Waals surface area contributed by atoms with Crippen molar-refractivity contribution in [2.24, 2.45) is 0 Å². The topological polar surface area (TPSA) is 53.9 Å². The smallest absolute Gasteiger partial charge is 0.242 e. The van der Waals surface area contributed by atoms with Crippen molar-refractivity contribution in [2.45, 2.75) is 26.9 Å². The first-order chi connectivity index (χ1) is 12.4. The molecule has 0 spiro atoms. The van der Waals surface area contributed by atoms with Gasteiger partial charge in [-0.3, -0.25) is 14.5 Å². The van der Waals surface area contributed by atoms with E-state index in [2.05, 4.69) is 22.3 Å². The average Bonchev–Trinajstić information content (AvgIpc) is 2.98. The molecule has 5 nitrogen and oxygen atoms in total. The first-order valence-electron chi connectivity index (χ1n) is 8.46. The van der Waals surface area contributed by atoms with Crippen molar-refractivity contribution in [2.75, 3.05) is 7.05 Å². The highest BCUT2D eigenvalue weighted by Gasteiger charge is 2.15. The summed E-state index contributed by atoms with van der Waals surface area (Å²) in [5.74, 6) is 0.656. The predicted molar refractivity (Wildman–Crippen MR) is 105 cm³/mol. The number of aryl methyl sites for hydroxylation is 2. The lowest BCUT2D eigenvalue weighted by atomic mass is 10.1. The number of likely N-dealkylation sites (N-methyl/N-ethyl adjacent to an activating group) is 1. The summed E-state index contributed by atoms with van der Waals surface area (Å²) in [5, 5.41) is 7.09. The molecule has 134 valence electrons.